The van der Waals surface area contributed by atoms with Crippen LogP contribution in [-0.4, -0.2) is 21.2 Å². The van der Waals surface area contributed by atoms with Crippen LogP contribution in [0.1, 0.15) is 27.1 Å². The van der Waals surface area contributed by atoms with Gasteiger partial charge in [-0.2, -0.15) is 0 Å². The molecule has 0 aliphatic heterocycles. The first-order valence-corrected chi connectivity index (χ1v) is 11.1. The highest BCUT2D eigenvalue weighted by Gasteiger charge is 2.17. The van der Waals surface area contributed by atoms with Crippen molar-refractivity contribution in [1.82, 2.24) is 9.55 Å². The van der Waals surface area contributed by atoms with Gasteiger partial charge in [0.25, 0.3) is 5.56 Å². The first kappa shape index (κ1) is 21.3. The van der Waals surface area contributed by atoms with Gasteiger partial charge in [0.05, 0.1) is 11.1 Å². The van der Waals surface area contributed by atoms with Crippen molar-refractivity contribution in [2.75, 3.05) is 11.1 Å². The van der Waals surface area contributed by atoms with Crippen molar-refractivity contribution in [3.05, 3.63) is 62.3 Å². The number of carbonyl (C=O) groups is 1. The number of nitrogens with one attached hydrogen (secondary N) is 1. The Labute approximate surface area is 178 Å². The predicted octanol–water partition coefficient (Wildman–Crippen LogP) is 4.92. The topological polar surface area (TPSA) is 64.0 Å². The molecule has 7 heteroatoms. The van der Waals surface area contributed by atoms with Gasteiger partial charge in [-0.25, -0.2) is 4.98 Å². The maximum absolute atomic E-state index is 13.0. The number of hydrogen-bond donors (Lipinski definition) is 1. The third-order valence-electron chi connectivity index (χ3n) is 4.84. The number of thiophene rings is 1. The average molecular weight is 428 g/mol. The molecule has 1 aromatic carbocycles. The molecule has 0 unspecified atom stereocenters. The van der Waals surface area contributed by atoms with E-state index in [4.69, 9.17) is 0 Å². The summed E-state index contributed by atoms with van der Waals surface area (Å²) >= 11 is 2.78. The molecule has 1 N–H and O–H groups in total. The van der Waals surface area contributed by atoms with E-state index in [-0.39, 0.29) is 17.2 Å². The van der Waals surface area contributed by atoms with Crippen LogP contribution >= 0.6 is 23.1 Å². The van der Waals surface area contributed by atoms with Gasteiger partial charge in [-0.15, -0.1) is 17.9 Å². The first-order chi connectivity index (χ1) is 13.7. The Balaban J connectivity index is 1.86. The van der Waals surface area contributed by atoms with E-state index in [9.17, 15) is 9.59 Å². The molecule has 0 fully saturated rings. The standard InChI is InChI=1S/C22H25N3O2S2/c1-7-8-25-21(27)18-15(5)16(6)29-20(18)24-22(25)28-11-17(26)23-19-13(3)9-12(2)10-14(19)4/h7,9-10H,1,8,11H2,2-6H3,(H,23,26). The van der Waals surface area contributed by atoms with Gasteiger partial charge >= 0.3 is 0 Å². The highest BCUT2D eigenvalue weighted by molar-refractivity contribution is 7.99. The molecule has 0 saturated carbocycles. The number of aromatic nitrogens is 2. The van der Waals surface area contributed by atoms with E-state index in [1.165, 1.54) is 28.7 Å². The fourth-order valence-electron chi connectivity index (χ4n) is 3.39. The summed E-state index contributed by atoms with van der Waals surface area (Å²) in [5.74, 6) is 0.0497. The molecule has 152 valence electrons. The van der Waals surface area contributed by atoms with Gasteiger partial charge in [-0.1, -0.05) is 35.5 Å². The smallest absolute Gasteiger partial charge is 0.263 e. The van der Waals surface area contributed by atoms with E-state index < -0.39 is 0 Å². The van der Waals surface area contributed by atoms with Gasteiger partial charge in [0.1, 0.15) is 4.83 Å². The van der Waals surface area contributed by atoms with Crippen LogP contribution < -0.4 is 10.9 Å². The van der Waals surface area contributed by atoms with E-state index in [1.807, 2.05) is 34.6 Å². The molecule has 3 rings (SSSR count). The number of hydrogen-bond acceptors (Lipinski definition) is 5. The number of fused-ring (bicyclic) bond motifs is 1. The molecule has 0 spiro atoms. The minimum Gasteiger partial charge on any atom is -0.325 e. The second-order valence-corrected chi connectivity index (χ2v) is 9.32. The van der Waals surface area contributed by atoms with Crippen LogP contribution in [0, 0.1) is 34.6 Å². The normalized spacial score (nSPS) is 11.1. The van der Waals surface area contributed by atoms with Crippen LogP contribution in [0.5, 0.6) is 0 Å². The maximum atomic E-state index is 13.0. The van der Waals surface area contributed by atoms with Crippen LogP contribution in [0.3, 0.4) is 0 Å². The summed E-state index contributed by atoms with van der Waals surface area (Å²) in [6.45, 7) is 14.1. The Morgan fingerprint density at radius 3 is 2.52 bits per heavy atom. The average Bonchev–Trinajstić information content (AvgIpc) is 2.93. The Hall–Kier alpha value is -2.38. The maximum Gasteiger partial charge on any atom is 0.263 e. The van der Waals surface area contributed by atoms with E-state index >= 15 is 0 Å². The molecule has 0 radical (unpaired) electrons. The van der Waals surface area contributed by atoms with Gasteiger partial charge in [0.2, 0.25) is 5.91 Å². The number of aryl methyl sites for hydroxylation is 5. The molecule has 5 nitrogen and oxygen atoms in total. The second-order valence-electron chi connectivity index (χ2n) is 7.17. The summed E-state index contributed by atoms with van der Waals surface area (Å²) in [7, 11) is 0. The molecular formula is C22H25N3O2S2. The van der Waals surface area contributed by atoms with E-state index in [0.717, 1.165) is 32.1 Å². The summed E-state index contributed by atoms with van der Waals surface area (Å²) in [6, 6.07) is 4.10. The van der Waals surface area contributed by atoms with E-state index in [1.54, 1.807) is 10.6 Å². The predicted molar refractivity (Wildman–Crippen MR) is 124 cm³/mol. The van der Waals surface area contributed by atoms with Crippen LogP contribution in [0.15, 0.2) is 34.7 Å². The number of allylic oxidation sites excluding steroid dienone is 1. The van der Waals surface area contributed by atoms with Crippen molar-refractivity contribution in [2.45, 2.75) is 46.3 Å². The summed E-state index contributed by atoms with van der Waals surface area (Å²) in [5.41, 5.74) is 4.98. The zero-order chi connectivity index (χ0) is 21.3. The lowest BCUT2D eigenvalue weighted by Gasteiger charge is -2.13. The Morgan fingerprint density at radius 1 is 1.24 bits per heavy atom. The molecule has 2 aromatic heterocycles. The van der Waals surface area contributed by atoms with Crippen LogP contribution in [0.4, 0.5) is 5.69 Å². The monoisotopic (exact) mass is 427 g/mol. The molecule has 0 aliphatic rings. The lowest BCUT2D eigenvalue weighted by Crippen LogP contribution is -2.24. The first-order valence-electron chi connectivity index (χ1n) is 9.34. The molecule has 1 amide bonds. The quantitative estimate of drug-likeness (QED) is 0.345. The zero-order valence-electron chi connectivity index (χ0n) is 17.4. The molecular weight excluding hydrogens is 402 g/mol. The van der Waals surface area contributed by atoms with Crippen molar-refractivity contribution in [1.29, 1.82) is 0 Å². The van der Waals surface area contributed by atoms with Crippen molar-refractivity contribution < 1.29 is 4.79 Å². The van der Waals surface area contributed by atoms with Crippen molar-refractivity contribution >= 4 is 44.9 Å². The van der Waals surface area contributed by atoms with E-state index in [0.29, 0.717) is 17.1 Å². The van der Waals surface area contributed by atoms with Crippen LogP contribution in [0.2, 0.25) is 0 Å². The SMILES string of the molecule is C=CCn1c(SCC(=O)Nc2c(C)cc(C)cc2C)nc2sc(C)c(C)c2c1=O. The van der Waals surface area contributed by atoms with E-state index in [2.05, 4.69) is 29.0 Å². The number of thioether (sulfide) groups is 1. The minimum atomic E-state index is -0.122. The third kappa shape index (κ3) is 4.31. The molecule has 3 aromatic rings. The lowest BCUT2D eigenvalue weighted by molar-refractivity contribution is -0.113. The summed E-state index contributed by atoms with van der Waals surface area (Å²) in [5, 5.41) is 4.20. The van der Waals surface area contributed by atoms with Crippen LogP contribution in [0.25, 0.3) is 10.2 Å². The van der Waals surface area contributed by atoms with Gasteiger partial charge in [0, 0.05) is 17.1 Å². The van der Waals surface area contributed by atoms with Gasteiger partial charge in [-0.05, 0) is 51.3 Å². The fourth-order valence-corrected chi connectivity index (χ4v) is 5.27. The van der Waals surface area contributed by atoms with Crippen LogP contribution in [-0.2, 0) is 11.3 Å². The Bertz CT molecular complexity index is 1150. The summed E-state index contributed by atoms with van der Waals surface area (Å²) < 4.78 is 1.59. The highest BCUT2D eigenvalue weighted by atomic mass is 32.2. The molecule has 0 atom stereocenters. The summed E-state index contributed by atoms with van der Waals surface area (Å²) in [4.78, 5) is 32.1. The molecule has 29 heavy (non-hydrogen) atoms. The Morgan fingerprint density at radius 2 is 1.90 bits per heavy atom. The lowest BCUT2D eigenvalue weighted by atomic mass is 10.1. The van der Waals surface area contributed by atoms with Gasteiger partial charge < -0.3 is 5.32 Å². The largest absolute Gasteiger partial charge is 0.325 e. The number of anilines is 1. The molecule has 0 saturated heterocycles. The van der Waals surface area contributed by atoms with Gasteiger partial charge in [-0.3, -0.25) is 14.2 Å². The minimum absolute atomic E-state index is 0.0788. The number of benzene rings is 1. The second kappa shape index (κ2) is 8.55. The number of amides is 1. The number of nitrogens with zero attached hydrogens (tertiary/aromatic N) is 2. The van der Waals surface area contributed by atoms with Crippen molar-refractivity contribution in [3.63, 3.8) is 0 Å². The fraction of sp³-hybridized carbons (Fsp3) is 0.318. The number of rotatable bonds is 6. The Kier molecular flexibility index (Phi) is 6.29. The van der Waals surface area contributed by atoms with Gasteiger partial charge in [0.15, 0.2) is 5.16 Å². The van der Waals surface area contributed by atoms with Crippen molar-refractivity contribution in [3.8, 4) is 0 Å². The molecule has 2 heterocycles. The molecule has 0 aliphatic carbocycles. The number of carbonyl (C=O) groups excluding carboxylic acids is 1. The van der Waals surface area contributed by atoms with Crippen molar-refractivity contribution in [2.24, 2.45) is 0 Å². The highest BCUT2D eigenvalue weighted by Crippen LogP contribution is 2.28. The molecule has 0 bridgehead atoms. The summed E-state index contributed by atoms with van der Waals surface area (Å²) in [6.07, 6.45) is 1.67. The third-order valence-corrected chi connectivity index (χ3v) is 6.92. The zero-order valence-corrected chi connectivity index (χ0v) is 19.0.